The fourth-order valence-electron chi connectivity index (χ4n) is 2.82. The van der Waals surface area contributed by atoms with E-state index < -0.39 is 74.6 Å². The zero-order valence-corrected chi connectivity index (χ0v) is 12.9. The maximum absolute atomic E-state index is 10.2. The van der Waals surface area contributed by atoms with Gasteiger partial charge in [0.25, 0.3) is 0 Å². The monoisotopic (exact) mass is 373 g/mol. The maximum atomic E-state index is 10.2. The number of aliphatic hydroxyl groups excluding tert-OH is 6. The third-order valence-electron chi connectivity index (χ3n) is 4.21. The Kier molecular flexibility index (Phi) is 7.41. The fraction of sp³-hybridized carbons (Fsp3) is 1.00. The maximum Gasteiger partial charge on any atom is 0.187 e. The molecule has 13 nitrogen and oxygen atoms in total. The van der Waals surface area contributed by atoms with Crippen molar-refractivity contribution in [3.05, 3.63) is 0 Å². The average Bonchev–Trinajstić information content (AvgIpc) is 2.60. The van der Waals surface area contributed by atoms with Gasteiger partial charge in [0.15, 0.2) is 18.7 Å². The van der Waals surface area contributed by atoms with Gasteiger partial charge in [-0.05, 0) is 0 Å². The first-order valence-electron chi connectivity index (χ1n) is 7.45. The van der Waals surface area contributed by atoms with Crippen LogP contribution in [-0.2, 0) is 23.9 Å². The molecule has 2 heterocycles. The molecule has 0 unspecified atom stereocenters. The van der Waals surface area contributed by atoms with Gasteiger partial charge in [-0.15, -0.1) is 0 Å². The summed E-state index contributed by atoms with van der Waals surface area (Å²) in [5, 5.41) is 67.2. The predicted octanol–water partition coefficient (Wildman–Crippen LogP) is -5.00. The molecular formula is C12H23NO12. The smallest absolute Gasteiger partial charge is 0.187 e. The minimum atomic E-state index is -1.74. The molecule has 0 saturated carbocycles. The van der Waals surface area contributed by atoms with Crippen LogP contribution in [0.2, 0.25) is 0 Å². The highest BCUT2D eigenvalue weighted by Gasteiger charge is 2.51. The molecule has 0 amide bonds. The number of nitrogens with two attached hydrogens (primary N) is 1. The van der Waals surface area contributed by atoms with Crippen molar-refractivity contribution in [3.63, 3.8) is 0 Å². The van der Waals surface area contributed by atoms with Crippen LogP contribution in [0.4, 0.5) is 0 Å². The van der Waals surface area contributed by atoms with Crippen molar-refractivity contribution in [2.75, 3.05) is 13.2 Å². The Balaban J connectivity index is 2.15. The van der Waals surface area contributed by atoms with E-state index in [4.69, 9.17) is 25.4 Å². The van der Waals surface area contributed by atoms with Crippen molar-refractivity contribution in [1.29, 1.82) is 0 Å². The molecule has 148 valence electrons. The Bertz CT molecular complexity index is 414. The molecule has 10 atom stereocenters. The summed E-state index contributed by atoms with van der Waals surface area (Å²) < 4.78 is 15.6. The van der Waals surface area contributed by atoms with Gasteiger partial charge in [0.2, 0.25) is 0 Å². The van der Waals surface area contributed by atoms with Crippen molar-refractivity contribution in [1.82, 2.24) is 0 Å². The molecule has 0 spiro atoms. The van der Waals surface area contributed by atoms with E-state index in [-0.39, 0.29) is 0 Å². The summed E-state index contributed by atoms with van der Waals surface area (Å²) in [5.41, 5.74) is 0. The van der Waals surface area contributed by atoms with E-state index in [1.165, 1.54) is 0 Å². The van der Waals surface area contributed by atoms with Gasteiger partial charge in [-0.3, -0.25) is 10.1 Å². The second kappa shape index (κ2) is 8.92. The fourth-order valence-corrected chi connectivity index (χ4v) is 2.82. The van der Waals surface area contributed by atoms with Gasteiger partial charge in [-0.25, -0.2) is 10.8 Å². The third kappa shape index (κ3) is 4.09. The van der Waals surface area contributed by atoms with Crippen molar-refractivity contribution in [2.24, 2.45) is 5.90 Å². The highest BCUT2D eigenvalue weighted by molar-refractivity contribution is 4.94. The number of aliphatic hydroxyl groups is 6. The molecule has 2 aliphatic heterocycles. The van der Waals surface area contributed by atoms with Crippen molar-refractivity contribution < 1.29 is 59.8 Å². The lowest BCUT2D eigenvalue weighted by Gasteiger charge is -2.45. The van der Waals surface area contributed by atoms with Crippen molar-refractivity contribution >= 4 is 0 Å². The molecule has 0 radical (unpaired) electrons. The van der Waals surface area contributed by atoms with E-state index in [1.54, 1.807) is 0 Å². The standard InChI is InChI=1S/C12H23NO12/c13-24-10-7(18)8(3(1-14)21-11(10)19)23-12-6(17)5(16)9(25-20)4(2-15)22-12/h3-12,14-20H,1-2,13H2/t3-,4-,5-,6-,7+,8-,9-,10-,11+,12-/m1/s1. The Labute approximate surface area is 141 Å². The first kappa shape index (κ1) is 20.8. The molecule has 0 aromatic carbocycles. The van der Waals surface area contributed by atoms with E-state index >= 15 is 0 Å². The van der Waals surface area contributed by atoms with Gasteiger partial charge in [-0.1, -0.05) is 0 Å². The second-order valence-electron chi connectivity index (χ2n) is 5.72. The van der Waals surface area contributed by atoms with Crippen LogP contribution in [0.15, 0.2) is 0 Å². The van der Waals surface area contributed by atoms with Crippen LogP contribution < -0.4 is 5.90 Å². The minimum absolute atomic E-state index is 0.673. The van der Waals surface area contributed by atoms with Crippen LogP contribution in [0.25, 0.3) is 0 Å². The van der Waals surface area contributed by atoms with Crippen molar-refractivity contribution in [2.45, 2.75) is 61.4 Å². The molecule has 0 bridgehead atoms. The number of ether oxygens (including phenoxy) is 3. The Morgan fingerprint density at radius 1 is 0.800 bits per heavy atom. The van der Waals surface area contributed by atoms with Crippen LogP contribution >= 0.6 is 0 Å². The van der Waals surface area contributed by atoms with E-state index in [1.807, 2.05) is 0 Å². The van der Waals surface area contributed by atoms with Crippen LogP contribution in [0.1, 0.15) is 0 Å². The summed E-state index contributed by atoms with van der Waals surface area (Å²) in [6, 6.07) is 0. The largest absolute Gasteiger partial charge is 0.394 e. The number of hydrogen-bond acceptors (Lipinski definition) is 13. The molecule has 13 heteroatoms. The summed E-state index contributed by atoms with van der Waals surface area (Å²) in [6.45, 7) is -1.36. The number of hydrogen-bond donors (Lipinski definition) is 8. The van der Waals surface area contributed by atoms with E-state index in [2.05, 4.69) is 9.73 Å². The van der Waals surface area contributed by atoms with Crippen LogP contribution in [-0.4, -0.2) is 111 Å². The topological polar surface area (TPSA) is 214 Å². The van der Waals surface area contributed by atoms with Gasteiger partial charge in [-0.2, -0.15) is 0 Å². The van der Waals surface area contributed by atoms with Crippen LogP contribution in [0.5, 0.6) is 0 Å². The lowest BCUT2D eigenvalue weighted by atomic mass is 9.97. The van der Waals surface area contributed by atoms with E-state index in [0.717, 1.165) is 0 Å². The molecule has 0 aromatic heterocycles. The second-order valence-corrected chi connectivity index (χ2v) is 5.72. The van der Waals surface area contributed by atoms with Gasteiger partial charge in [0.05, 0.1) is 13.2 Å². The predicted molar refractivity (Wildman–Crippen MR) is 73.2 cm³/mol. The Morgan fingerprint density at radius 2 is 1.40 bits per heavy atom. The molecule has 0 aromatic rings. The normalized spacial score (nSPS) is 48.5. The lowest BCUT2D eigenvalue weighted by Crippen LogP contribution is -2.65. The minimum Gasteiger partial charge on any atom is -0.394 e. The summed E-state index contributed by atoms with van der Waals surface area (Å²) in [5.74, 6) is 4.98. The molecule has 0 aliphatic carbocycles. The van der Waals surface area contributed by atoms with Gasteiger partial charge in [0, 0.05) is 0 Å². The molecule has 2 saturated heterocycles. The lowest BCUT2D eigenvalue weighted by molar-refractivity contribution is -0.393. The van der Waals surface area contributed by atoms with E-state index in [0.29, 0.717) is 0 Å². The molecular weight excluding hydrogens is 350 g/mol. The number of rotatable bonds is 6. The van der Waals surface area contributed by atoms with Crippen LogP contribution in [0.3, 0.4) is 0 Å². The molecule has 2 rings (SSSR count). The summed E-state index contributed by atoms with van der Waals surface area (Å²) in [7, 11) is 0. The Hall–Kier alpha value is -0.520. The summed E-state index contributed by atoms with van der Waals surface area (Å²) >= 11 is 0. The zero-order chi connectivity index (χ0) is 18.7. The van der Waals surface area contributed by atoms with Crippen LogP contribution in [0, 0.1) is 0 Å². The summed E-state index contributed by atoms with van der Waals surface area (Å²) in [4.78, 5) is 8.41. The third-order valence-corrected chi connectivity index (χ3v) is 4.21. The van der Waals surface area contributed by atoms with E-state index in [9.17, 15) is 30.6 Å². The molecule has 2 fully saturated rings. The van der Waals surface area contributed by atoms with Gasteiger partial charge >= 0.3 is 0 Å². The Morgan fingerprint density at radius 3 is 1.92 bits per heavy atom. The van der Waals surface area contributed by atoms with Gasteiger partial charge < -0.3 is 44.8 Å². The first-order chi connectivity index (χ1) is 11.9. The molecule has 2 aliphatic rings. The zero-order valence-electron chi connectivity index (χ0n) is 12.9. The SMILES string of the molecule is NO[C@@H]1[C@@H](O)[C@H](O[C@H]2O[C@H](CO)[C@@H](OO)[C@H](O)[C@H]2O)[C@@H](CO)O[C@@H]1O. The van der Waals surface area contributed by atoms with Crippen molar-refractivity contribution in [3.8, 4) is 0 Å². The highest BCUT2D eigenvalue weighted by atomic mass is 17.1. The summed E-state index contributed by atoms with van der Waals surface area (Å²) in [6.07, 6.45) is -15.0. The molecule has 25 heavy (non-hydrogen) atoms. The quantitative estimate of drug-likeness (QED) is 0.162. The first-order valence-corrected chi connectivity index (χ1v) is 7.45. The average molecular weight is 373 g/mol. The van der Waals surface area contributed by atoms with Gasteiger partial charge in [0.1, 0.15) is 42.7 Å². The highest BCUT2D eigenvalue weighted by Crippen LogP contribution is 2.29. The molecule has 9 N–H and O–H groups in total.